The molecule has 0 saturated heterocycles. The third-order valence-electron chi connectivity index (χ3n) is 3.54. The van der Waals surface area contributed by atoms with Crippen molar-refractivity contribution in [2.24, 2.45) is 4.99 Å². The van der Waals surface area contributed by atoms with Crippen molar-refractivity contribution in [1.29, 1.82) is 0 Å². The highest BCUT2D eigenvalue weighted by Gasteiger charge is 2.11. The van der Waals surface area contributed by atoms with Crippen LogP contribution < -0.4 is 0 Å². The van der Waals surface area contributed by atoms with E-state index in [9.17, 15) is 0 Å². The molecule has 0 N–H and O–H groups in total. The lowest BCUT2D eigenvalue weighted by atomic mass is 9.90. The van der Waals surface area contributed by atoms with Crippen molar-refractivity contribution >= 4 is 23.1 Å². The summed E-state index contributed by atoms with van der Waals surface area (Å²) in [5.74, 6) is 1.12. The quantitative estimate of drug-likeness (QED) is 0.498. The predicted octanol–water partition coefficient (Wildman–Crippen LogP) is 5.45. The topological polar surface area (TPSA) is 12.4 Å². The van der Waals surface area contributed by atoms with Crippen molar-refractivity contribution in [3.8, 4) is 0 Å². The van der Waals surface area contributed by atoms with E-state index in [0.717, 1.165) is 18.5 Å². The second kappa shape index (κ2) is 6.68. The molecule has 1 aromatic carbocycles. The number of nitrogens with zero attached hydrogens (tertiary/aromatic N) is 1. The molecule has 0 amide bonds. The van der Waals surface area contributed by atoms with E-state index in [1.165, 1.54) is 11.1 Å². The van der Waals surface area contributed by atoms with E-state index < -0.39 is 0 Å². The van der Waals surface area contributed by atoms with Gasteiger partial charge < -0.3 is 0 Å². The van der Waals surface area contributed by atoms with Gasteiger partial charge in [-0.2, -0.15) is 4.99 Å². The molecule has 1 nitrogen and oxygen atoms in total. The smallest absolute Gasteiger partial charge is 0.0774 e. The monoisotopic (exact) mass is 247 g/mol. The molecule has 2 atom stereocenters. The third-order valence-corrected chi connectivity index (χ3v) is 3.63. The summed E-state index contributed by atoms with van der Waals surface area (Å²) in [6.45, 7) is 8.91. The summed E-state index contributed by atoms with van der Waals surface area (Å²) in [5, 5.41) is 2.47. The summed E-state index contributed by atoms with van der Waals surface area (Å²) in [6, 6.07) is 6.52. The van der Waals surface area contributed by atoms with Crippen molar-refractivity contribution in [2.75, 3.05) is 0 Å². The minimum absolute atomic E-state index is 0.515. The van der Waals surface area contributed by atoms with Gasteiger partial charge in [-0.25, -0.2) is 0 Å². The van der Waals surface area contributed by atoms with Gasteiger partial charge in [-0.15, -0.1) is 0 Å². The molecule has 0 aliphatic heterocycles. The van der Waals surface area contributed by atoms with Crippen LogP contribution in [0.25, 0.3) is 0 Å². The lowest BCUT2D eigenvalue weighted by molar-refractivity contribution is 0.712. The van der Waals surface area contributed by atoms with E-state index in [4.69, 9.17) is 12.2 Å². The molecule has 2 heteroatoms. The van der Waals surface area contributed by atoms with Gasteiger partial charge in [0, 0.05) is 0 Å². The molecule has 0 bridgehead atoms. The van der Waals surface area contributed by atoms with Crippen molar-refractivity contribution in [3.05, 3.63) is 29.3 Å². The number of rotatable bonds is 5. The van der Waals surface area contributed by atoms with E-state index in [2.05, 4.69) is 56.0 Å². The van der Waals surface area contributed by atoms with Gasteiger partial charge in [0.1, 0.15) is 0 Å². The molecule has 0 spiro atoms. The second-order valence-corrected chi connectivity index (χ2v) is 4.82. The van der Waals surface area contributed by atoms with Gasteiger partial charge in [-0.1, -0.05) is 39.8 Å². The Morgan fingerprint density at radius 2 is 1.82 bits per heavy atom. The van der Waals surface area contributed by atoms with Crippen LogP contribution in [0.4, 0.5) is 5.69 Å². The van der Waals surface area contributed by atoms with E-state index in [1.54, 1.807) is 0 Å². The molecule has 0 aliphatic rings. The molecule has 0 aromatic heterocycles. The Kier molecular flexibility index (Phi) is 5.54. The number of aliphatic imine (C=N–C) groups is 1. The normalized spacial score (nSPS) is 13.9. The maximum Gasteiger partial charge on any atom is 0.0774 e. The first-order chi connectivity index (χ1) is 8.13. The third kappa shape index (κ3) is 3.49. The zero-order valence-corrected chi connectivity index (χ0v) is 12.0. The van der Waals surface area contributed by atoms with Crippen LogP contribution in [0.5, 0.6) is 0 Å². The molecule has 0 aliphatic carbocycles. The Bertz CT molecular complexity index is 419. The van der Waals surface area contributed by atoms with Gasteiger partial charge >= 0.3 is 0 Å². The summed E-state index contributed by atoms with van der Waals surface area (Å²) in [6.07, 6.45) is 2.28. The van der Waals surface area contributed by atoms with E-state index in [-0.39, 0.29) is 0 Å². The highest BCUT2D eigenvalue weighted by atomic mass is 32.1. The van der Waals surface area contributed by atoms with Gasteiger partial charge in [0.05, 0.1) is 10.8 Å². The number of isothiocyanates is 1. The SMILES string of the molecule is CCC(C)c1ccc(N=C=S)c(C(C)CC)c1. The Balaban J connectivity index is 3.23. The molecule has 1 rings (SSSR count). The number of hydrogen-bond acceptors (Lipinski definition) is 2. The summed E-state index contributed by atoms with van der Waals surface area (Å²) >= 11 is 4.71. The lowest BCUT2D eigenvalue weighted by Gasteiger charge is -2.16. The molecule has 2 unspecified atom stereocenters. The Morgan fingerprint density at radius 3 is 2.35 bits per heavy atom. The fraction of sp³-hybridized carbons (Fsp3) is 0.533. The fourth-order valence-electron chi connectivity index (χ4n) is 1.88. The number of thiocarbonyl (C=S) groups is 1. The number of benzene rings is 1. The average Bonchev–Trinajstić information content (AvgIpc) is 2.37. The highest BCUT2D eigenvalue weighted by molar-refractivity contribution is 7.78. The average molecular weight is 247 g/mol. The first-order valence-electron chi connectivity index (χ1n) is 6.35. The van der Waals surface area contributed by atoms with Crippen LogP contribution in [-0.4, -0.2) is 5.16 Å². The van der Waals surface area contributed by atoms with Gasteiger partial charge in [0.2, 0.25) is 0 Å². The maximum atomic E-state index is 4.71. The molecular formula is C15H21NS. The molecule has 0 radical (unpaired) electrons. The molecule has 92 valence electrons. The van der Waals surface area contributed by atoms with Crippen molar-refractivity contribution in [1.82, 2.24) is 0 Å². The largest absolute Gasteiger partial charge is 0.194 e. The summed E-state index contributed by atoms with van der Waals surface area (Å²) in [7, 11) is 0. The minimum atomic E-state index is 0.515. The molecule has 0 fully saturated rings. The van der Waals surface area contributed by atoms with Gasteiger partial charge in [0.25, 0.3) is 0 Å². The van der Waals surface area contributed by atoms with E-state index in [0.29, 0.717) is 11.8 Å². The van der Waals surface area contributed by atoms with E-state index >= 15 is 0 Å². The van der Waals surface area contributed by atoms with Crippen molar-refractivity contribution in [3.63, 3.8) is 0 Å². The van der Waals surface area contributed by atoms with Gasteiger partial charge in [-0.05, 0) is 54.1 Å². The standard InChI is InChI=1S/C15H21NS/c1-5-11(3)13-7-8-15(16-10-17)14(9-13)12(4)6-2/h7-9,11-12H,5-6H2,1-4H3. The predicted molar refractivity (Wildman–Crippen MR) is 78.5 cm³/mol. The van der Waals surface area contributed by atoms with Crippen LogP contribution in [-0.2, 0) is 0 Å². The molecule has 17 heavy (non-hydrogen) atoms. The zero-order chi connectivity index (χ0) is 12.8. The molecule has 0 heterocycles. The minimum Gasteiger partial charge on any atom is -0.194 e. The van der Waals surface area contributed by atoms with Crippen LogP contribution in [0.15, 0.2) is 23.2 Å². The fourth-order valence-corrected chi connectivity index (χ4v) is 1.98. The van der Waals surface area contributed by atoms with Crippen molar-refractivity contribution in [2.45, 2.75) is 52.4 Å². The number of hydrogen-bond donors (Lipinski definition) is 0. The Hall–Kier alpha value is -0.980. The first kappa shape index (κ1) is 14.1. The lowest BCUT2D eigenvalue weighted by Crippen LogP contribution is -1.97. The van der Waals surface area contributed by atoms with Crippen LogP contribution >= 0.6 is 12.2 Å². The van der Waals surface area contributed by atoms with Crippen LogP contribution in [0.1, 0.15) is 63.5 Å². The second-order valence-electron chi connectivity index (χ2n) is 4.64. The Labute approximate surface area is 110 Å². The summed E-state index contributed by atoms with van der Waals surface area (Å²) in [4.78, 5) is 4.17. The van der Waals surface area contributed by atoms with Gasteiger partial charge in [0.15, 0.2) is 0 Å². The van der Waals surface area contributed by atoms with E-state index in [1.807, 2.05) is 0 Å². The highest BCUT2D eigenvalue weighted by Crippen LogP contribution is 2.32. The molecule has 0 saturated carbocycles. The maximum absolute atomic E-state index is 4.71. The molecular weight excluding hydrogens is 226 g/mol. The van der Waals surface area contributed by atoms with Crippen LogP contribution in [0.2, 0.25) is 0 Å². The van der Waals surface area contributed by atoms with Crippen LogP contribution in [0, 0.1) is 0 Å². The van der Waals surface area contributed by atoms with Gasteiger partial charge in [-0.3, -0.25) is 0 Å². The summed E-state index contributed by atoms with van der Waals surface area (Å²) in [5.41, 5.74) is 3.66. The summed E-state index contributed by atoms with van der Waals surface area (Å²) < 4.78 is 0. The first-order valence-corrected chi connectivity index (χ1v) is 6.76. The van der Waals surface area contributed by atoms with Crippen molar-refractivity contribution < 1.29 is 0 Å². The molecule has 1 aromatic rings. The zero-order valence-electron chi connectivity index (χ0n) is 11.2. The van der Waals surface area contributed by atoms with Crippen LogP contribution in [0.3, 0.4) is 0 Å². The Morgan fingerprint density at radius 1 is 1.18 bits per heavy atom.